The van der Waals surface area contributed by atoms with Crippen LogP contribution in [-0.4, -0.2) is 27.3 Å². The molecule has 0 saturated carbocycles. The summed E-state index contributed by atoms with van der Waals surface area (Å²) in [7, 11) is 0. The zero-order valence-electron chi connectivity index (χ0n) is 11.1. The van der Waals surface area contributed by atoms with E-state index in [9.17, 15) is 14.7 Å². The molecular formula is C15H10NO5S+. The van der Waals surface area contributed by atoms with E-state index in [4.69, 9.17) is 9.52 Å². The minimum absolute atomic E-state index is 0.160. The Morgan fingerprint density at radius 3 is 2.50 bits per heavy atom. The highest BCUT2D eigenvalue weighted by atomic mass is 32.2. The highest BCUT2D eigenvalue weighted by Crippen LogP contribution is 2.26. The Kier molecular flexibility index (Phi) is 3.56. The van der Waals surface area contributed by atoms with Crippen molar-refractivity contribution in [1.82, 2.24) is 0 Å². The van der Waals surface area contributed by atoms with Gasteiger partial charge in [-0.05, 0) is 24.3 Å². The van der Waals surface area contributed by atoms with Crippen LogP contribution in [0.5, 0.6) is 0 Å². The Labute approximate surface area is 128 Å². The van der Waals surface area contributed by atoms with E-state index in [1.165, 1.54) is 18.2 Å². The normalized spacial score (nSPS) is 16.1. The van der Waals surface area contributed by atoms with Crippen molar-refractivity contribution in [2.75, 3.05) is 0 Å². The number of hydrogen-bond donors (Lipinski definition) is 3. The molecule has 1 aromatic carbocycles. The number of furan rings is 1. The number of hydrogen-bond acceptors (Lipinski definition) is 4. The number of rotatable bonds is 3. The number of benzene rings is 1. The summed E-state index contributed by atoms with van der Waals surface area (Å²) in [6, 6.07) is 9.70. The standard InChI is InChI=1S/C15H9NO5S/c17-13-12(22-15(20)16-13)7-10-5-6-11(21-10)8-1-3-9(4-2-8)14(18)19/h1-7H,(H,18,19)(H,16,17,20)/p+1/b12-7-. The second-order valence-electron chi connectivity index (χ2n) is 4.45. The first-order valence-corrected chi connectivity index (χ1v) is 7.05. The van der Waals surface area contributed by atoms with Crippen molar-refractivity contribution >= 4 is 34.9 Å². The number of aliphatic hydroxyl groups is 1. The molecule has 7 heteroatoms. The summed E-state index contributed by atoms with van der Waals surface area (Å²) in [5.74, 6) is -0.354. The van der Waals surface area contributed by atoms with Gasteiger partial charge in [-0.1, -0.05) is 12.1 Å². The number of carbonyl (C=O) groups excluding carboxylic acids is 1. The molecule has 22 heavy (non-hydrogen) atoms. The van der Waals surface area contributed by atoms with Crippen LogP contribution in [-0.2, 0) is 4.79 Å². The van der Waals surface area contributed by atoms with Crippen LogP contribution in [0.15, 0.2) is 45.7 Å². The van der Waals surface area contributed by atoms with Crippen LogP contribution in [0.2, 0.25) is 0 Å². The van der Waals surface area contributed by atoms with Gasteiger partial charge in [-0.15, -0.1) is 4.99 Å². The van der Waals surface area contributed by atoms with Gasteiger partial charge in [0.15, 0.2) is 0 Å². The van der Waals surface area contributed by atoms with Gasteiger partial charge in [0.05, 0.1) is 5.56 Å². The topological polar surface area (TPSA) is 102 Å². The van der Waals surface area contributed by atoms with Crippen molar-refractivity contribution in [2.45, 2.75) is 0 Å². The highest BCUT2D eigenvalue weighted by molar-refractivity contribution is 8.17. The Morgan fingerprint density at radius 1 is 1.18 bits per heavy atom. The number of carbonyl (C=O) groups is 2. The van der Waals surface area contributed by atoms with Crippen LogP contribution < -0.4 is 4.99 Å². The Hall–Kier alpha value is -2.80. The number of carboxylic acids is 1. The van der Waals surface area contributed by atoms with E-state index < -0.39 is 5.97 Å². The van der Waals surface area contributed by atoms with Crippen molar-refractivity contribution in [2.24, 2.45) is 0 Å². The fourth-order valence-corrected chi connectivity index (χ4v) is 2.59. The molecule has 3 N–H and O–H groups in total. The van der Waals surface area contributed by atoms with Crippen molar-refractivity contribution in [3.63, 3.8) is 0 Å². The predicted octanol–water partition coefficient (Wildman–Crippen LogP) is 1.25. The molecular weight excluding hydrogens is 306 g/mol. The van der Waals surface area contributed by atoms with Gasteiger partial charge in [-0.3, -0.25) is 0 Å². The van der Waals surface area contributed by atoms with Crippen molar-refractivity contribution < 1.29 is 29.2 Å². The van der Waals surface area contributed by atoms with E-state index in [1.54, 1.807) is 24.3 Å². The largest absolute Gasteiger partial charge is 0.478 e. The van der Waals surface area contributed by atoms with Gasteiger partial charge in [0, 0.05) is 23.4 Å². The van der Waals surface area contributed by atoms with Crippen LogP contribution in [0.1, 0.15) is 16.1 Å². The van der Waals surface area contributed by atoms with Crippen molar-refractivity contribution in [1.29, 1.82) is 0 Å². The number of aliphatic hydroxyl groups excluding tert-OH is 1. The Morgan fingerprint density at radius 2 is 1.91 bits per heavy atom. The average Bonchev–Trinajstić information content (AvgIpc) is 3.06. The maximum absolute atomic E-state index is 11.5. The fraction of sp³-hybridized carbons (Fsp3) is 0. The zero-order valence-corrected chi connectivity index (χ0v) is 11.9. The van der Waals surface area contributed by atoms with E-state index in [0.717, 1.165) is 17.3 Å². The maximum atomic E-state index is 11.5. The first-order chi connectivity index (χ1) is 10.5. The van der Waals surface area contributed by atoms with E-state index in [-0.39, 0.29) is 16.7 Å². The van der Waals surface area contributed by atoms with Crippen LogP contribution in [0.4, 0.5) is 0 Å². The van der Waals surface area contributed by atoms with Gasteiger partial charge in [0.1, 0.15) is 16.4 Å². The van der Waals surface area contributed by atoms with Crippen LogP contribution >= 0.6 is 11.8 Å². The van der Waals surface area contributed by atoms with E-state index >= 15 is 0 Å². The van der Waals surface area contributed by atoms with E-state index in [0.29, 0.717) is 16.4 Å². The molecule has 110 valence electrons. The molecule has 2 aromatic rings. The monoisotopic (exact) mass is 316 g/mol. The third-order valence-corrected chi connectivity index (χ3v) is 3.79. The number of thioether (sulfide) groups is 1. The van der Waals surface area contributed by atoms with Crippen LogP contribution in [0, 0.1) is 0 Å². The Bertz CT molecular complexity index is 817. The summed E-state index contributed by atoms with van der Waals surface area (Å²) in [6.07, 6.45) is 1.53. The lowest BCUT2D eigenvalue weighted by molar-refractivity contribution is -0.374. The molecule has 1 aromatic heterocycles. The first-order valence-electron chi connectivity index (χ1n) is 6.23. The summed E-state index contributed by atoms with van der Waals surface area (Å²) in [4.78, 5) is 24.9. The fourth-order valence-electron chi connectivity index (χ4n) is 1.92. The lowest BCUT2D eigenvalue weighted by Gasteiger charge is -1.98. The summed E-state index contributed by atoms with van der Waals surface area (Å²) < 4.78 is 5.61. The van der Waals surface area contributed by atoms with Crippen LogP contribution in [0.3, 0.4) is 0 Å². The molecule has 0 radical (unpaired) electrons. The summed E-state index contributed by atoms with van der Waals surface area (Å²) in [6.45, 7) is 0. The second-order valence-corrected chi connectivity index (χ2v) is 5.49. The number of aromatic carboxylic acids is 1. The molecule has 0 atom stereocenters. The molecule has 0 saturated heterocycles. The molecule has 1 aliphatic rings. The van der Waals surface area contributed by atoms with Gasteiger partial charge in [-0.25, -0.2) is 9.59 Å². The smallest absolute Gasteiger partial charge is 0.428 e. The predicted molar refractivity (Wildman–Crippen MR) is 80.3 cm³/mol. The average molecular weight is 316 g/mol. The SMILES string of the molecule is O=C1[NH+]=C(O)S/C1=C\c1ccc(-c2ccc(C(=O)O)cc2)o1. The van der Waals surface area contributed by atoms with Gasteiger partial charge in [0.2, 0.25) is 0 Å². The molecule has 2 heterocycles. The molecule has 0 spiro atoms. The number of carboxylic acid groups (broad SMARTS) is 1. The van der Waals surface area contributed by atoms with E-state index in [2.05, 4.69) is 4.99 Å². The van der Waals surface area contributed by atoms with Crippen LogP contribution in [0.25, 0.3) is 17.4 Å². The molecule has 1 amide bonds. The molecule has 1 aliphatic heterocycles. The minimum atomic E-state index is -0.989. The molecule has 6 nitrogen and oxygen atoms in total. The Balaban J connectivity index is 1.84. The summed E-state index contributed by atoms with van der Waals surface area (Å²) in [5.41, 5.74) is 0.926. The summed E-state index contributed by atoms with van der Waals surface area (Å²) in [5, 5.41) is 17.9. The number of nitrogens with one attached hydrogen (secondary N) is 1. The zero-order chi connectivity index (χ0) is 15.7. The quantitative estimate of drug-likeness (QED) is 0.737. The van der Waals surface area contributed by atoms with Crippen molar-refractivity contribution in [3.8, 4) is 11.3 Å². The van der Waals surface area contributed by atoms with Gasteiger partial charge >= 0.3 is 17.1 Å². The molecule has 0 bridgehead atoms. The molecule has 0 unspecified atom stereocenters. The molecule has 0 aliphatic carbocycles. The molecule has 0 fully saturated rings. The lowest BCUT2D eigenvalue weighted by atomic mass is 10.1. The minimum Gasteiger partial charge on any atom is -0.478 e. The summed E-state index contributed by atoms with van der Waals surface area (Å²) >= 11 is 0.926. The third-order valence-electron chi connectivity index (χ3n) is 2.97. The highest BCUT2D eigenvalue weighted by Gasteiger charge is 2.29. The maximum Gasteiger partial charge on any atom is 0.428 e. The van der Waals surface area contributed by atoms with Gasteiger partial charge < -0.3 is 14.6 Å². The first kappa shape index (κ1) is 14.2. The lowest BCUT2D eigenvalue weighted by Crippen LogP contribution is -2.73. The number of amides is 1. The third kappa shape index (κ3) is 2.79. The molecule has 3 rings (SSSR count). The van der Waals surface area contributed by atoms with Gasteiger partial charge in [-0.2, -0.15) is 0 Å². The van der Waals surface area contributed by atoms with Crippen molar-refractivity contribution in [3.05, 3.63) is 52.6 Å². The van der Waals surface area contributed by atoms with Gasteiger partial charge in [0.25, 0.3) is 0 Å². The second kappa shape index (κ2) is 5.53. The van der Waals surface area contributed by atoms with E-state index in [1.807, 2.05) is 0 Å².